The fourth-order valence-corrected chi connectivity index (χ4v) is 3.09. The summed E-state index contributed by atoms with van der Waals surface area (Å²) in [6.45, 7) is 4.05. The standard InChI is InChI=1S/C19H20N2O5/c1-3-5-14-17(19(22)23-4-2)16(12(9-20)18(21)26-14)11-6-7-13-15(8-11)25-10-24-13/h6-8,16H,3-5,10,21H2,1-2H3/t16-/m1/s1. The maximum atomic E-state index is 12.7. The second-order valence-electron chi connectivity index (χ2n) is 5.84. The Morgan fingerprint density at radius 2 is 2.12 bits per heavy atom. The molecule has 2 aliphatic heterocycles. The van der Waals surface area contributed by atoms with Crippen LogP contribution in [0.2, 0.25) is 0 Å². The van der Waals surface area contributed by atoms with Gasteiger partial charge in [-0.2, -0.15) is 5.26 Å². The normalized spacial score (nSPS) is 18.4. The molecule has 1 aromatic rings. The summed E-state index contributed by atoms with van der Waals surface area (Å²) in [7, 11) is 0. The van der Waals surface area contributed by atoms with E-state index in [0.717, 1.165) is 6.42 Å². The Hall–Kier alpha value is -3.14. The second kappa shape index (κ2) is 7.40. The van der Waals surface area contributed by atoms with Gasteiger partial charge in [-0.25, -0.2) is 4.79 Å². The van der Waals surface area contributed by atoms with E-state index in [1.54, 1.807) is 25.1 Å². The van der Waals surface area contributed by atoms with Crippen LogP contribution in [-0.2, 0) is 14.3 Å². The van der Waals surface area contributed by atoms with Crippen molar-refractivity contribution in [3.63, 3.8) is 0 Å². The van der Waals surface area contributed by atoms with Crippen LogP contribution in [0.25, 0.3) is 0 Å². The van der Waals surface area contributed by atoms with E-state index in [4.69, 9.17) is 24.7 Å². The van der Waals surface area contributed by atoms with Crippen molar-refractivity contribution in [1.82, 2.24) is 0 Å². The van der Waals surface area contributed by atoms with E-state index < -0.39 is 11.9 Å². The molecule has 0 bridgehead atoms. The summed E-state index contributed by atoms with van der Waals surface area (Å²) in [6.07, 6.45) is 1.26. The smallest absolute Gasteiger partial charge is 0.338 e. The van der Waals surface area contributed by atoms with E-state index in [1.165, 1.54) is 0 Å². The van der Waals surface area contributed by atoms with Crippen LogP contribution in [0.5, 0.6) is 11.5 Å². The predicted octanol–water partition coefficient (Wildman–Crippen LogP) is 2.84. The fourth-order valence-electron chi connectivity index (χ4n) is 3.09. The number of fused-ring (bicyclic) bond motifs is 1. The summed E-state index contributed by atoms with van der Waals surface area (Å²) in [5, 5.41) is 9.63. The third kappa shape index (κ3) is 3.06. The molecule has 2 heterocycles. The topological polar surface area (TPSA) is 104 Å². The Morgan fingerprint density at radius 3 is 2.81 bits per heavy atom. The zero-order valence-corrected chi connectivity index (χ0v) is 14.7. The molecule has 7 nitrogen and oxygen atoms in total. The number of nitriles is 1. The highest BCUT2D eigenvalue weighted by atomic mass is 16.7. The number of nitrogens with two attached hydrogens (primary N) is 1. The molecule has 2 aliphatic rings. The fraction of sp³-hybridized carbons (Fsp3) is 0.368. The number of allylic oxidation sites excluding steroid dienone is 2. The van der Waals surface area contributed by atoms with Gasteiger partial charge < -0.3 is 24.7 Å². The average molecular weight is 356 g/mol. The van der Waals surface area contributed by atoms with Crippen molar-refractivity contribution < 1.29 is 23.7 Å². The first-order valence-corrected chi connectivity index (χ1v) is 8.47. The molecule has 0 fully saturated rings. The summed E-state index contributed by atoms with van der Waals surface area (Å²) in [6, 6.07) is 7.37. The molecular weight excluding hydrogens is 336 g/mol. The molecule has 0 aliphatic carbocycles. The van der Waals surface area contributed by atoms with Crippen LogP contribution in [0.1, 0.15) is 38.2 Å². The van der Waals surface area contributed by atoms with Gasteiger partial charge in [0, 0.05) is 6.42 Å². The molecule has 0 spiro atoms. The molecule has 1 atom stereocenters. The largest absolute Gasteiger partial charge is 0.463 e. The molecule has 0 unspecified atom stereocenters. The lowest BCUT2D eigenvalue weighted by atomic mass is 9.82. The van der Waals surface area contributed by atoms with E-state index in [9.17, 15) is 10.1 Å². The highest BCUT2D eigenvalue weighted by Crippen LogP contribution is 2.43. The van der Waals surface area contributed by atoms with Gasteiger partial charge in [0.2, 0.25) is 12.7 Å². The number of benzene rings is 1. The molecule has 0 saturated carbocycles. The van der Waals surface area contributed by atoms with E-state index in [2.05, 4.69) is 6.07 Å². The van der Waals surface area contributed by atoms with Gasteiger partial charge in [-0.15, -0.1) is 0 Å². The Balaban J connectivity index is 2.15. The molecular formula is C19H20N2O5. The minimum atomic E-state index is -0.677. The van der Waals surface area contributed by atoms with Crippen molar-refractivity contribution >= 4 is 5.97 Å². The number of hydrogen-bond donors (Lipinski definition) is 1. The van der Waals surface area contributed by atoms with E-state index in [1.807, 2.05) is 6.92 Å². The predicted molar refractivity (Wildman–Crippen MR) is 91.8 cm³/mol. The minimum absolute atomic E-state index is 0.00617. The molecule has 0 saturated heterocycles. The molecule has 26 heavy (non-hydrogen) atoms. The SMILES string of the molecule is CCCC1=C(C(=O)OCC)[C@H](c2ccc3c(c2)OCO3)C(C#N)=C(N)O1. The Labute approximate surface area is 151 Å². The molecule has 1 aromatic carbocycles. The van der Waals surface area contributed by atoms with Crippen LogP contribution in [0.3, 0.4) is 0 Å². The van der Waals surface area contributed by atoms with Gasteiger partial charge in [0.25, 0.3) is 0 Å². The van der Waals surface area contributed by atoms with E-state index in [-0.39, 0.29) is 24.9 Å². The monoisotopic (exact) mass is 356 g/mol. The van der Waals surface area contributed by atoms with E-state index in [0.29, 0.717) is 34.8 Å². The highest BCUT2D eigenvalue weighted by Gasteiger charge is 2.37. The van der Waals surface area contributed by atoms with Crippen LogP contribution in [0, 0.1) is 11.3 Å². The summed E-state index contributed by atoms with van der Waals surface area (Å²) in [4.78, 5) is 12.7. The van der Waals surface area contributed by atoms with Crippen LogP contribution >= 0.6 is 0 Å². The summed E-state index contributed by atoms with van der Waals surface area (Å²) in [5.41, 5.74) is 7.15. The molecule has 3 rings (SSSR count). The van der Waals surface area contributed by atoms with Crippen molar-refractivity contribution in [2.24, 2.45) is 5.73 Å². The molecule has 0 aromatic heterocycles. The van der Waals surface area contributed by atoms with Crippen LogP contribution in [0.4, 0.5) is 0 Å². The van der Waals surface area contributed by atoms with Crippen LogP contribution in [-0.4, -0.2) is 19.4 Å². The zero-order chi connectivity index (χ0) is 18.7. The molecule has 2 N–H and O–H groups in total. The van der Waals surface area contributed by atoms with Gasteiger partial charge >= 0.3 is 5.97 Å². The van der Waals surface area contributed by atoms with Gasteiger partial charge in [-0.05, 0) is 31.0 Å². The zero-order valence-electron chi connectivity index (χ0n) is 14.7. The number of rotatable bonds is 5. The lowest BCUT2D eigenvalue weighted by molar-refractivity contribution is -0.139. The summed E-state index contributed by atoms with van der Waals surface area (Å²) < 4.78 is 21.6. The first-order valence-electron chi connectivity index (χ1n) is 8.47. The minimum Gasteiger partial charge on any atom is -0.463 e. The molecule has 136 valence electrons. The number of esters is 1. The summed E-state index contributed by atoms with van der Waals surface area (Å²) >= 11 is 0. The van der Waals surface area contributed by atoms with Gasteiger partial charge in [-0.3, -0.25) is 0 Å². The number of nitrogens with zero attached hydrogens (tertiary/aromatic N) is 1. The first kappa shape index (κ1) is 17.7. The molecule has 0 amide bonds. The van der Waals surface area contributed by atoms with Gasteiger partial charge in [0.1, 0.15) is 17.4 Å². The van der Waals surface area contributed by atoms with Crippen LogP contribution in [0.15, 0.2) is 41.0 Å². The first-order chi connectivity index (χ1) is 12.6. The van der Waals surface area contributed by atoms with Gasteiger partial charge in [0.05, 0.1) is 18.1 Å². The second-order valence-corrected chi connectivity index (χ2v) is 5.84. The van der Waals surface area contributed by atoms with Gasteiger partial charge in [-0.1, -0.05) is 13.0 Å². The number of carbonyl (C=O) groups excluding carboxylic acids is 1. The average Bonchev–Trinajstić information content (AvgIpc) is 3.09. The van der Waals surface area contributed by atoms with Crippen LogP contribution < -0.4 is 15.2 Å². The maximum absolute atomic E-state index is 12.7. The number of ether oxygens (including phenoxy) is 4. The number of carbonyl (C=O) groups is 1. The quantitative estimate of drug-likeness (QED) is 0.809. The number of hydrogen-bond acceptors (Lipinski definition) is 7. The summed E-state index contributed by atoms with van der Waals surface area (Å²) in [5.74, 6) is 0.427. The van der Waals surface area contributed by atoms with E-state index >= 15 is 0 Å². The Morgan fingerprint density at radius 1 is 1.35 bits per heavy atom. The molecule has 7 heteroatoms. The third-order valence-corrected chi connectivity index (χ3v) is 4.20. The van der Waals surface area contributed by atoms with Crippen molar-refractivity contribution in [2.75, 3.05) is 13.4 Å². The van der Waals surface area contributed by atoms with Gasteiger partial charge in [0.15, 0.2) is 11.5 Å². The lowest BCUT2D eigenvalue weighted by Crippen LogP contribution is -2.26. The Kier molecular flexibility index (Phi) is 5.03. The van der Waals surface area contributed by atoms with Crippen molar-refractivity contribution in [3.05, 3.63) is 46.6 Å². The van der Waals surface area contributed by atoms with Crippen molar-refractivity contribution in [1.29, 1.82) is 5.26 Å². The van der Waals surface area contributed by atoms with Crippen molar-refractivity contribution in [2.45, 2.75) is 32.6 Å². The third-order valence-electron chi connectivity index (χ3n) is 4.20. The Bertz CT molecular complexity index is 835. The highest BCUT2D eigenvalue weighted by molar-refractivity contribution is 5.92. The maximum Gasteiger partial charge on any atom is 0.338 e. The molecule has 0 radical (unpaired) electrons. The lowest BCUT2D eigenvalue weighted by Gasteiger charge is -2.28. The van der Waals surface area contributed by atoms with Crippen molar-refractivity contribution in [3.8, 4) is 17.6 Å².